The second kappa shape index (κ2) is 14.7. The zero-order valence-corrected chi connectivity index (χ0v) is 21.1. The van der Waals surface area contributed by atoms with Crippen molar-refractivity contribution in [2.75, 3.05) is 12.4 Å². The van der Waals surface area contributed by atoms with Gasteiger partial charge in [-0.15, -0.1) is 0 Å². The smallest absolute Gasteiger partial charge is 0.326 e. The third kappa shape index (κ3) is 8.23. The molecule has 2 aromatic rings. The van der Waals surface area contributed by atoms with Crippen LogP contribution in [0, 0.1) is 5.92 Å². The van der Waals surface area contributed by atoms with E-state index in [1.165, 1.54) is 7.05 Å². The van der Waals surface area contributed by atoms with E-state index in [0.29, 0.717) is 23.4 Å². The van der Waals surface area contributed by atoms with Crippen LogP contribution in [0.15, 0.2) is 60.2 Å². The van der Waals surface area contributed by atoms with E-state index >= 15 is 0 Å². The maximum absolute atomic E-state index is 12.8. The predicted molar refractivity (Wildman–Crippen MR) is 143 cm³/mol. The number of benzene rings is 2. The van der Waals surface area contributed by atoms with Crippen molar-refractivity contribution in [3.63, 3.8) is 0 Å². The molecular weight excluding hydrogens is 456 g/mol. The number of carbonyl (C=O) groups is 3. The zero-order chi connectivity index (χ0) is 26.5. The first-order valence-corrected chi connectivity index (χ1v) is 12.4. The van der Waals surface area contributed by atoms with Gasteiger partial charge in [-0.3, -0.25) is 9.59 Å². The van der Waals surface area contributed by atoms with E-state index in [1.807, 2.05) is 37.3 Å². The Kier molecular flexibility index (Phi) is 11.7. The molecule has 1 aliphatic rings. The summed E-state index contributed by atoms with van der Waals surface area (Å²) in [6.07, 6.45) is 5.42. The molecule has 0 spiro atoms. The van der Waals surface area contributed by atoms with E-state index < -0.39 is 12.0 Å². The molecule has 1 unspecified atom stereocenters. The normalized spacial score (nSPS) is 15.0. The molecule has 0 aliphatic heterocycles. The minimum atomic E-state index is -1.06. The number of aliphatic carboxylic acids is 1. The van der Waals surface area contributed by atoms with Crippen LogP contribution in [-0.4, -0.2) is 36.0 Å². The maximum atomic E-state index is 12.8. The summed E-state index contributed by atoms with van der Waals surface area (Å²) in [6, 6.07) is 15.3. The monoisotopic (exact) mass is 494 g/mol. The molecule has 1 atom stereocenters. The predicted octanol–water partition coefficient (Wildman–Crippen LogP) is 3.67. The Morgan fingerprint density at radius 2 is 1.58 bits per heavy atom. The second-order valence-corrected chi connectivity index (χ2v) is 8.70. The Balaban J connectivity index is 0.00000222. The average molecular weight is 495 g/mol. The van der Waals surface area contributed by atoms with E-state index in [4.69, 9.17) is 5.73 Å². The number of nitrogens with two attached hydrogens (primary N) is 2. The molecule has 1 saturated carbocycles. The first kappa shape index (κ1) is 28.6. The summed E-state index contributed by atoms with van der Waals surface area (Å²) in [6.45, 7) is 1.88. The lowest BCUT2D eigenvalue weighted by Crippen LogP contribution is -2.45. The Morgan fingerprint density at radius 3 is 2.14 bits per heavy atom. The number of hydrogen-bond donors (Lipinski definition) is 5. The first-order valence-electron chi connectivity index (χ1n) is 12.4. The highest BCUT2D eigenvalue weighted by Crippen LogP contribution is 2.24. The van der Waals surface area contributed by atoms with Gasteiger partial charge in [0.15, 0.2) is 0 Å². The van der Waals surface area contributed by atoms with E-state index in [2.05, 4.69) is 16.4 Å². The van der Waals surface area contributed by atoms with Crippen molar-refractivity contribution in [3.05, 3.63) is 71.3 Å². The molecule has 194 valence electrons. The molecule has 3 rings (SSSR count). The number of hydrogen-bond acceptors (Lipinski definition) is 5. The highest BCUT2D eigenvalue weighted by atomic mass is 16.4. The maximum Gasteiger partial charge on any atom is 0.326 e. The Morgan fingerprint density at radius 1 is 0.972 bits per heavy atom. The Bertz CT molecular complexity index is 1030. The summed E-state index contributed by atoms with van der Waals surface area (Å²) in [5.41, 5.74) is 13.8. The fourth-order valence-corrected chi connectivity index (χ4v) is 4.29. The van der Waals surface area contributed by atoms with Gasteiger partial charge in [0, 0.05) is 29.3 Å². The van der Waals surface area contributed by atoms with Crippen molar-refractivity contribution in [1.29, 1.82) is 0 Å². The molecule has 1 fully saturated rings. The summed E-state index contributed by atoms with van der Waals surface area (Å²) in [5, 5.41) is 15.2. The van der Waals surface area contributed by atoms with Crippen LogP contribution in [0.1, 0.15) is 56.6 Å². The summed E-state index contributed by atoms with van der Waals surface area (Å²) in [7, 11) is 1.50. The van der Waals surface area contributed by atoms with Crippen LogP contribution < -0.4 is 22.1 Å². The van der Waals surface area contributed by atoms with Crippen LogP contribution in [0.3, 0.4) is 0 Å². The number of carboxylic acids is 1. The summed E-state index contributed by atoms with van der Waals surface area (Å²) < 4.78 is 0. The van der Waals surface area contributed by atoms with Gasteiger partial charge in [-0.05, 0) is 49.6 Å². The Labute approximate surface area is 213 Å². The van der Waals surface area contributed by atoms with Crippen LogP contribution >= 0.6 is 0 Å². The minimum Gasteiger partial charge on any atom is -0.480 e. The molecule has 2 aromatic carbocycles. The number of nitrogens with one attached hydrogen (secondary N) is 2. The number of anilines is 1. The second-order valence-electron chi connectivity index (χ2n) is 8.70. The minimum absolute atomic E-state index is 0.0997. The quantitative estimate of drug-likeness (QED) is 0.336. The largest absolute Gasteiger partial charge is 0.480 e. The molecule has 1 aliphatic carbocycles. The molecule has 0 saturated heterocycles. The van der Waals surface area contributed by atoms with Crippen molar-refractivity contribution in [1.82, 2.24) is 5.32 Å². The lowest BCUT2D eigenvalue weighted by atomic mass is 9.88. The third-order valence-electron chi connectivity index (χ3n) is 6.28. The van der Waals surface area contributed by atoms with Crippen molar-refractivity contribution in [2.24, 2.45) is 17.4 Å². The van der Waals surface area contributed by atoms with Gasteiger partial charge in [-0.2, -0.15) is 0 Å². The molecular formula is C28H38N4O4. The van der Waals surface area contributed by atoms with Crippen molar-refractivity contribution in [3.8, 4) is 0 Å². The molecule has 36 heavy (non-hydrogen) atoms. The van der Waals surface area contributed by atoms with E-state index in [1.54, 1.807) is 24.3 Å². The molecule has 0 aromatic heterocycles. The van der Waals surface area contributed by atoms with Gasteiger partial charge < -0.3 is 27.2 Å². The molecule has 8 heteroatoms. The standard InChI is InChI=1S/C27H33N3O4.CH5N/c1-2-22(24(28)19-9-5-3-6-10-19)26(32)29-21-15-13-18(14-16-21)17-23(27(33)34)30-25(31)20-11-7-4-8-12-20;1-2/h3,5-6,9-10,13-16,20,23H,2,4,7-8,11-12,17,28H2,1H3,(H,29,32)(H,30,31)(H,33,34);2H2,1H3/b24-22+;. The van der Waals surface area contributed by atoms with E-state index in [-0.39, 0.29) is 24.2 Å². The van der Waals surface area contributed by atoms with Crippen LogP contribution in [0.25, 0.3) is 5.70 Å². The van der Waals surface area contributed by atoms with Crippen LogP contribution in [0.4, 0.5) is 5.69 Å². The first-order chi connectivity index (χ1) is 17.4. The van der Waals surface area contributed by atoms with Crippen LogP contribution in [-0.2, 0) is 20.8 Å². The number of amides is 2. The summed E-state index contributed by atoms with van der Waals surface area (Å²) in [5.74, 6) is -1.61. The van der Waals surface area contributed by atoms with Crippen molar-refractivity contribution >= 4 is 29.2 Å². The van der Waals surface area contributed by atoms with Gasteiger partial charge >= 0.3 is 5.97 Å². The van der Waals surface area contributed by atoms with Crippen LogP contribution in [0.2, 0.25) is 0 Å². The van der Waals surface area contributed by atoms with E-state index in [9.17, 15) is 19.5 Å². The molecule has 0 bridgehead atoms. The van der Waals surface area contributed by atoms with E-state index in [0.717, 1.165) is 43.2 Å². The van der Waals surface area contributed by atoms with Gasteiger partial charge in [-0.1, -0.05) is 68.7 Å². The summed E-state index contributed by atoms with van der Waals surface area (Å²) in [4.78, 5) is 37.0. The van der Waals surface area contributed by atoms with Crippen molar-refractivity contribution in [2.45, 2.75) is 57.9 Å². The molecule has 2 amide bonds. The van der Waals surface area contributed by atoms with Crippen molar-refractivity contribution < 1.29 is 19.5 Å². The van der Waals surface area contributed by atoms with Gasteiger partial charge in [0.2, 0.25) is 5.91 Å². The molecule has 8 nitrogen and oxygen atoms in total. The SMILES string of the molecule is CC/C(C(=O)Nc1ccc(CC(NC(=O)C2CCCCC2)C(=O)O)cc1)=C(\N)c1ccccc1.CN. The number of rotatable bonds is 9. The fraction of sp³-hybridized carbons (Fsp3) is 0.393. The lowest BCUT2D eigenvalue weighted by Gasteiger charge is -2.23. The third-order valence-corrected chi connectivity index (χ3v) is 6.28. The zero-order valence-electron chi connectivity index (χ0n) is 21.1. The number of carboxylic acid groups (broad SMARTS) is 1. The van der Waals surface area contributed by atoms with Gasteiger partial charge in [0.1, 0.15) is 6.04 Å². The molecule has 0 radical (unpaired) electrons. The average Bonchev–Trinajstić information content (AvgIpc) is 2.91. The highest BCUT2D eigenvalue weighted by molar-refractivity contribution is 6.08. The lowest BCUT2D eigenvalue weighted by molar-refractivity contribution is -0.142. The molecule has 0 heterocycles. The van der Waals surface area contributed by atoms with Crippen LogP contribution in [0.5, 0.6) is 0 Å². The topological polar surface area (TPSA) is 148 Å². The number of carbonyl (C=O) groups excluding carboxylic acids is 2. The van der Waals surface area contributed by atoms with Gasteiger partial charge in [-0.25, -0.2) is 4.79 Å². The molecule has 7 N–H and O–H groups in total. The Hall–Kier alpha value is -3.65. The fourth-order valence-electron chi connectivity index (χ4n) is 4.29. The van der Waals surface area contributed by atoms with Gasteiger partial charge in [0.05, 0.1) is 0 Å². The van der Waals surface area contributed by atoms with Gasteiger partial charge in [0.25, 0.3) is 5.91 Å². The summed E-state index contributed by atoms with van der Waals surface area (Å²) >= 11 is 0. The highest BCUT2D eigenvalue weighted by Gasteiger charge is 2.26.